The summed E-state index contributed by atoms with van der Waals surface area (Å²) >= 11 is 0. The highest BCUT2D eigenvalue weighted by Gasteiger charge is 2.14. The van der Waals surface area contributed by atoms with E-state index in [4.69, 9.17) is 9.47 Å². The third kappa shape index (κ3) is 5.70. The van der Waals surface area contributed by atoms with E-state index in [-0.39, 0.29) is 11.4 Å². The number of ether oxygens (including phenoxy) is 2. The lowest BCUT2D eigenvalue weighted by atomic mass is 10.2. The lowest BCUT2D eigenvalue weighted by molar-refractivity contribution is -0.384. The minimum atomic E-state index is -0.514. The Morgan fingerprint density at radius 2 is 1.85 bits per heavy atom. The number of allylic oxidation sites excluding steroid dienone is 1. The molecule has 0 aliphatic rings. The number of hydrogen-bond donors (Lipinski definition) is 0. The number of azo groups is 1. The molecule has 0 aliphatic heterocycles. The molecule has 0 saturated carbocycles. The molecule has 2 aromatic carbocycles. The van der Waals surface area contributed by atoms with Crippen molar-refractivity contribution in [1.82, 2.24) is 0 Å². The molecular weight excluding hydrogens is 334 g/mol. The fraction of sp³-hybridized carbons (Fsp3) is 0.263. The highest BCUT2D eigenvalue weighted by Crippen LogP contribution is 2.32. The number of unbranched alkanes of at least 4 members (excludes halogenated alkanes) is 2. The molecule has 0 aromatic heterocycles. The van der Waals surface area contributed by atoms with Crippen LogP contribution in [0.3, 0.4) is 0 Å². The van der Waals surface area contributed by atoms with Crippen molar-refractivity contribution < 1.29 is 14.4 Å². The Hall–Kier alpha value is -3.22. The van der Waals surface area contributed by atoms with Gasteiger partial charge in [-0.25, -0.2) is 0 Å². The number of hydrogen-bond acceptors (Lipinski definition) is 6. The maximum atomic E-state index is 11.1. The van der Waals surface area contributed by atoms with E-state index in [2.05, 4.69) is 16.8 Å². The Balaban J connectivity index is 2.00. The van der Waals surface area contributed by atoms with Crippen LogP contribution in [-0.2, 0) is 0 Å². The number of nitrogens with zero attached hydrogens (tertiary/aromatic N) is 3. The van der Waals surface area contributed by atoms with E-state index in [0.717, 1.165) is 25.0 Å². The summed E-state index contributed by atoms with van der Waals surface area (Å²) in [5.41, 5.74) is 0.583. The normalized spacial score (nSPS) is 10.7. The van der Waals surface area contributed by atoms with Gasteiger partial charge in [0, 0.05) is 0 Å². The fourth-order valence-electron chi connectivity index (χ4n) is 2.16. The molecular formula is C19H21N3O4. The van der Waals surface area contributed by atoms with E-state index in [0.29, 0.717) is 18.0 Å². The molecule has 0 spiro atoms. The third-order valence-corrected chi connectivity index (χ3v) is 3.56. The summed E-state index contributed by atoms with van der Waals surface area (Å²) in [5.74, 6) is 1.14. The first-order chi connectivity index (χ1) is 12.6. The van der Waals surface area contributed by atoms with Crippen molar-refractivity contribution >= 4 is 17.1 Å². The molecule has 0 unspecified atom stereocenters. The minimum absolute atomic E-state index is 0.160. The van der Waals surface area contributed by atoms with Gasteiger partial charge in [-0.05, 0) is 55.7 Å². The van der Waals surface area contributed by atoms with Crippen molar-refractivity contribution in [2.24, 2.45) is 10.2 Å². The van der Waals surface area contributed by atoms with Gasteiger partial charge in [-0.2, -0.15) is 5.11 Å². The second kappa shape index (κ2) is 9.93. The predicted octanol–water partition coefficient (Wildman–Crippen LogP) is 5.75. The molecule has 0 N–H and O–H groups in total. The zero-order valence-corrected chi connectivity index (χ0v) is 14.6. The summed E-state index contributed by atoms with van der Waals surface area (Å²) in [6, 6.07) is 11.5. The van der Waals surface area contributed by atoms with E-state index in [1.807, 2.05) is 6.08 Å². The van der Waals surface area contributed by atoms with E-state index < -0.39 is 4.92 Å². The van der Waals surface area contributed by atoms with Crippen LogP contribution in [0.25, 0.3) is 0 Å². The lowest BCUT2D eigenvalue weighted by Crippen LogP contribution is -1.96. The molecule has 2 rings (SSSR count). The van der Waals surface area contributed by atoms with E-state index in [9.17, 15) is 10.1 Å². The van der Waals surface area contributed by atoms with Crippen molar-refractivity contribution in [3.8, 4) is 11.5 Å². The van der Waals surface area contributed by atoms with Gasteiger partial charge in [-0.1, -0.05) is 6.08 Å². The lowest BCUT2D eigenvalue weighted by Gasteiger charge is -2.05. The van der Waals surface area contributed by atoms with Gasteiger partial charge < -0.3 is 9.47 Å². The van der Waals surface area contributed by atoms with E-state index >= 15 is 0 Å². The number of methoxy groups -OCH3 is 1. The summed E-state index contributed by atoms with van der Waals surface area (Å²) < 4.78 is 10.6. The molecule has 7 nitrogen and oxygen atoms in total. The summed E-state index contributed by atoms with van der Waals surface area (Å²) in [6.07, 6.45) is 4.90. The first-order valence-corrected chi connectivity index (χ1v) is 8.22. The maximum Gasteiger partial charge on any atom is 0.300 e. The van der Waals surface area contributed by atoms with Crippen molar-refractivity contribution in [2.45, 2.75) is 19.3 Å². The molecule has 0 radical (unpaired) electrons. The Morgan fingerprint density at radius 1 is 1.12 bits per heavy atom. The highest BCUT2D eigenvalue weighted by molar-refractivity contribution is 5.60. The van der Waals surface area contributed by atoms with E-state index in [1.165, 1.54) is 19.2 Å². The van der Waals surface area contributed by atoms with Crippen molar-refractivity contribution in [3.63, 3.8) is 0 Å². The van der Waals surface area contributed by atoms with Crippen LogP contribution < -0.4 is 9.47 Å². The summed E-state index contributed by atoms with van der Waals surface area (Å²) in [6.45, 7) is 4.33. The smallest absolute Gasteiger partial charge is 0.300 e. The molecule has 0 heterocycles. The van der Waals surface area contributed by atoms with Crippen LogP contribution in [-0.4, -0.2) is 18.6 Å². The third-order valence-electron chi connectivity index (χ3n) is 3.56. The number of benzene rings is 2. The van der Waals surface area contributed by atoms with Gasteiger partial charge in [0.25, 0.3) is 5.69 Å². The topological polar surface area (TPSA) is 86.3 Å². The zero-order valence-electron chi connectivity index (χ0n) is 14.6. The molecule has 0 atom stereocenters. The Kier molecular flexibility index (Phi) is 7.30. The summed E-state index contributed by atoms with van der Waals surface area (Å²) in [7, 11) is 1.45. The standard InChI is InChI=1S/C19H21N3O4/c1-3-4-5-6-13-26-16-9-7-15(8-10-16)20-21-18-12-11-17(25-2)14-19(18)22(23)24/h3,7-12,14H,1,4-6,13H2,2H3. The summed E-state index contributed by atoms with van der Waals surface area (Å²) in [4.78, 5) is 10.6. The van der Waals surface area contributed by atoms with Gasteiger partial charge in [0.05, 0.1) is 30.4 Å². The average molecular weight is 355 g/mol. The van der Waals surface area contributed by atoms with Crippen LogP contribution in [0.5, 0.6) is 11.5 Å². The molecule has 0 fully saturated rings. The van der Waals surface area contributed by atoms with Crippen molar-refractivity contribution in [1.29, 1.82) is 0 Å². The van der Waals surface area contributed by atoms with E-state index in [1.54, 1.807) is 30.3 Å². The Labute approximate surface area is 152 Å². The fourth-order valence-corrected chi connectivity index (χ4v) is 2.16. The van der Waals surface area contributed by atoms with Gasteiger partial charge >= 0.3 is 0 Å². The van der Waals surface area contributed by atoms with Gasteiger partial charge in [0.1, 0.15) is 11.5 Å². The van der Waals surface area contributed by atoms with Crippen molar-refractivity contribution in [2.75, 3.05) is 13.7 Å². The van der Waals surface area contributed by atoms with Crippen LogP contribution in [0, 0.1) is 10.1 Å². The van der Waals surface area contributed by atoms with Gasteiger partial charge in [0.2, 0.25) is 0 Å². The van der Waals surface area contributed by atoms with Crippen LogP contribution in [0.15, 0.2) is 65.3 Å². The van der Waals surface area contributed by atoms with Gasteiger partial charge in [-0.3, -0.25) is 10.1 Å². The first-order valence-electron chi connectivity index (χ1n) is 8.22. The SMILES string of the molecule is C=CCCCCOc1ccc(N=Nc2ccc(OC)cc2[N+](=O)[O-])cc1. The van der Waals surface area contributed by atoms with Gasteiger partial charge in [-0.15, -0.1) is 11.7 Å². The van der Waals surface area contributed by atoms with Crippen LogP contribution in [0.4, 0.5) is 17.1 Å². The highest BCUT2D eigenvalue weighted by atomic mass is 16.6. The van der Waals surface area contributed by atoms with Crippen molar-refractivity contribution in [3.05, 3.63) is 65.2 Å². The largest absolute Gasteiger partial charge is 0.496 e. The first kappa shape index (κ1) is 19.1. The molecule has 2 aromatic rings. The molecule has 26 heavy (non-hydrogen) atoms. The molecule has 136 valence electrons. The van der Waals surface area contributed by atoms with Crippen LogP contribution in [0.1, 0.15) is 19.3 Å². The Bertz CT molecular complexity index is 773. The minimum Gasteiger partial charge on any atom is -0.496 e. The van der Waals surface area contributed by atoms with Crippen LogP contribution >= 0.6 is 0 Å². The second-order valence-electron chi connectivity index (χ2n) is 5.44. The molecule has 7 heteroatoms. The molecule has 0 bridgehead atoms. The predicted molar refractivity (Wildman–Crippen MR) is 99.8 cm³/mol. The van der Waals surface area contributed by atoms with Gasteiger partial charge in [0.15, 0.2) is 5.69 Å². The number of rotatable bonds is 10. The van der Waals surface area contributed by atoms with Crippen LogP contribution in [0.2, 0.25) is 0 Å². The summed E-state index contributed by atoms with van der Waals surface area (Å²) in [5, 5.41) is 19.2. The zero-order chi connectivity index (χ0) is 18.8. The monoisotopic (exact) mass is 355 g/mol. The quantitative estimate of drug-likeness (QED) is 0.178. The Morgan fingerprint density at radius 3 is 2.50 bits per heavy atom. The second-order valence-corrected chi connectivity index (χ2v) is 5.44. The molecule has 0 aliphatic carbocycles. The molecule has 0 amide bonds. The average Bonchev–Trinajstić information content (AvgIpc) is 2.67. The number of nitro groups is 1. The number of nitro benzene ring substituents is 1. The molecule has 0 saturated heterocycles. The maximum absolute atomic E-state index is 11.1.